The Kier molecular flexibility index (Phi) is 9.55. The van der Waals surface area contributed by atoms with E-state index in [9.17, 15) is 0 Å². The molecule has 5 rings (SSSR count). The minimum atomic E-state index is -1.37. The normalized spacial score (nSPS) is 23.4. The number of fused-ring (bicyclic) bond motifs is 4. The molecule has 3 aliphatic rings. The minimum absolute atomic E-state index is 0. The Morgan fingerprint density at radius 3 is 1.56 bits per heavy atom. The van der Waals surface area contributed by atoms with E-state index < -0.39 is 8.07 Å². The second-order valence-electron chi connectivity index (χ2n) is 16.1. The molecule has 0 spiro atoms. The summed E-state index contributed by atoms with van der Waals surface area (Å²) in [6, 6.07) is 14.9. The second kappa shape index (κ2) is 10.7. The molecule has 0 amide bonds. The molecule has 1 fully saturated rings. The van der Waals surface area contributed by atoms with Crippen LogP contribution < -0.4 is 24.8 Å². The molecule has 0 saturated heterocycles. The van der Waals surface area contributed by atoms with Crippen LogP contribution in [0.1, 0.15) is 96.9 Å². The third-order valence-electron chi connectivity index (χ3n) is 9.58. The Labute approximate surface area is 271 Å². The number of benzene rings is 2. The smallest absolute Gasteiger partial charge is 1.00 e. The van der Waals surface area contributed by atoms with Crippen molar-refractivity contribution in [2.75, 3.05) is 0 Å². The summed E-state index contributed by atoms with van der Waals surface area (Å²) in [5.74, 6) is 0.959. The van der Waals surface area contributed by atoms with Gasteiger partial charge in [0.15, 0.2) is 0 Å². The molecule has 39 heavy (non-hydrogen) atoms. The maximum Gasteiger partial charge on any atom is 2.00 e. The molecule has 2 unspecified atom stereocenters. The first kappa shape index (κ1) is 34.8. The van der Waals surface area contributed by atoms with Crippen molar-refractivity contribution >= 4 is 8.07 Å². The van der Waals surface area contributed by atoms with Crippen molar-refractivity contribution in [1.29, 1.82) is 0 Å². The number of halogens is 2. The first-order valence-electron chi connectivity index (χ1n) is 14.1. The van der Waals surface area contributed by atoms with E-state index in [1.807, 2.05) is 0 Å². The van der Waals surface area contributed by atoms with Crippen molar-refractivity contribution < 1.29 is 51.0 Å². The van der Waals surface area contributed by atoms with Gasteiger partial charge in [0.1, 0.15) is 0 Å². The fourth-order valence-electron chi connectivity index (χ4n) is 7.54. The predicted molar refractivity (Wildman–Crippen MR) is 161 cm³/mol. The molecule has 0 aromatic heterocycles. The Morgan fingerprint density at radius 2 is 1.18 bits per heavy atom. The summed E-state index contributed by atoms with van der Waals surface area (Å²) >= 11 is 0. The topological polar surface area (TPSA) is 0 Å². The van der Waals surface area contributed by atoms with Crippen LogP contribution in [0.4, 0.5) is 0 Å². The van der Waals surface area contributed by atoms with Crippen LogP contribution in [0.25, 0.3) is 11.1 Å². The number of hydrogen-bond donors (Lipinski definition) is 0. The van der Waals surface area contributed by atoms with Gasteiger partial charge in [-0.2, -0.15) is 0 Å². The molecule has 0 heterocycles. The van der Waals surface area contributed by atoms with Gasteiger partial charge in [0, 0.05) is 11.8 Å². The summed E-state index contributed by atoms with van der Waals surface area (Å²) in [7, 11) is -1.37. The third kappa shape index (κ3) is 5.68. The Bertz CT molecular complexity index is 1250. The molecule has 2 aromatic rings. The predicted octanol–water partition coefficient (Wildman–Crippen LogP) is 4.20. The summed E-state index contributed by atoms with van der Waals surface area (Å²) < 4.78 is 0. The first-order valence-corrected chi connectivity index (χ1v) is 17.6. The van der Waals surface area contributed by atoms with E-state index in [0.29, 0.717) is 11.8 Å². The summed E-state index contributed by atoms with van der Waals surface area (Å²) in [4.78, 5) is 0. The Morgan fingerprint density at radius 1 is 0.744 bits per heavy atom. The maximum absolute atomic E-state index is 2.71. The van der Waals surface area contributed by atoms with E-state index >= 15 is 0 Å². The first-order chi connectivity index (χ1) is 16.3. The summed E-state index contributed by atoms with van der Waals surface area (Å²) in [5, 5.41) is 1.66. The maximum atomic E-state index is 2.71. The second-order valence-corrected chi connectivity index (χ2v) is 21.1. The van der Waals surface area contributed by atoms with Gasteiger partial charge >= 0.3 is 26.2 Å². The molecule has 0 N–H and O–H groups in total. The molecular formula is C35H48Cl2SiZr. The van der Waals surface area contributed by atoms with Crippen molar-refractivity contribution in [1.82, 2.24) is 0 Å². The summed E-state index contributed by atoms with van der Waals surface area (Å²) in [6.07, 6.45) is 6.57. The third-order valence-corrected chi connectivity index (χ3v) is 11.6. The Hall–Kier alpha value is -0.400. The van der Waals surface area contributed by atoms with E-state index in [1.165, 1.54) is 28.7 Å². The molecular weight excluding hydrogens is 611 g/mol. The Balaban J connectivity index is 0.00000178. The van der Waals surface area contributed by atoms with E-state index in [2.05, 4.69) is 131 Å². The molecule has 3 aliphatic carbocycles. The van der Waals surface area contributed by atoms with Gasteiger partial charge < -0.3 is 24.8 Å². The van der Waals surface area contributed by atoms with E-state index in [4.69, 9.17) is 0 Å². The van der Waals surface area contributed by atoms with Crippen LogP contribution in [0.3, 0.4) is 0 Å². The minimum Gasteiger partial charge on any atom is -1.00 e. The number of rotatable bonds is 2. The molecule has 2 aromatic carbocycles. The van der Waals surface area contributed by atoms with Gasteiger partial charge in [0.05, 0.1) is 8.07 Å². The fourth-order valence-corrected chi connectivity index (χ4v) is 8.80. The van der Waals surface area contributed by atoms with Crippen LogP contribution >= 0.6 is 0 Å². The van der Waals surface area contributed by atoms with Crippen LogP contribution in [0, 0.1) is 16.7 Å². The molecule has 0 bridgehead atoms. The van der Waals surface area contributed by atoms with Gasteiger partial charge in [-0.15, -0.1) is 0 Å². The largest absolute Gasteiger partial charge is 2.00 e. The average Bonchev–Trinajstić information content (AvgIpc) is 3.37. The van der Waals surface area contributed by atoms with Gasteiger partial charge in [-0.05, 0) is 61.5 Å². The SMILES string of the molecule is CC1(C)CC(C)(C2c3ccc(C(C)(C)C)cc3-c3cc(C(C)(C)C)ccc32)C2C=C([Si](C)(C)C)C=C21.[Cl-].[Cl-].[Zr+2]. The standard InChI is InChI=1S/C35H48Si.2ClH.Zr/c1-32(2,3)22-13-15-25-27(17-22)28-18-23(33(4,5)6)14-16-26(28)31(25)35(9)21-34(7,8)29-19-24(20-30(29)35)36(10,11)12;;;/h13-20,30-31H,21H2,1-12H3;2*1H;/q;;;+2/p-2. The zero-order valence-electron chi connectivity index (χ0n) is 26.2. The van der Waals surface area contributed by atoms with E-state index in [-0.39, 0.29) is 72.7 Å². The zero-order valence-corrected chi connectivity index (χ0v) is 31.2. The summed E-state index contributed by atoms with van der Waals surface area (Å²) in [5.41, 5.74) is 11.3. The summed E-state index contributed by atoms with van der Waals surface area (Å²) in [6.45, 7) is 29.2. The van der Waals surface area contributed by atoms with E-state index in [1.54, 1.807) is 21.9 Å². The van der Waals surface area contributed by atoms with Gasteiger partial charge in [0.2, 0.25) is 0 Å². The monoisotopic (exact) mass is 656 g/mol. The average molecular weight is 659 g/mol. The molecule has 210 valence electrons. The van der Waals surface area contributed by atoms with Crippen molar-refractivity contribution in [3.8, 4) is 11.1 Å². The molecule has 4 heteroatoms. The molecule has 0 aliphatic heterocycles. The fraction of sp³-hybridized carbons (Fsp3) is 0.543. The van der Waals surface area contributed by atoms with Crippen LogP contribution in [0.5, 0.6) is 0 Å². The van der Waals surface area contributed by atoms with Gasteiger partial charge in [0.25, 0.3) is 0 Å². The molecule has 1 saturated carbocycles. The van der Waals surface area contributed by atoms with Crippen LogP contribution in [0.2, 0.25) is 19.6 Å². The van der Waals surface area contributed by atoms with E-state index in [0.717, 1.165) is 0 Å². The number of hydrogen-bond acceptors (Lipinski definition) is 0. The van der Waals surface area contributed by atoms with Crippen LogP contribution in [0.15, 0.2) is 59.3 Å². The van der Waals surface area contributed by atoms with Crippen molar-refractivity contribution in [3.05, 3.63) is 81.6 Å². The van der Waals surface area contributed by atoms with Crippen molar-refractivity contribution in [2.45, 2.75) is 105 Å². The van der Waals surface area contributed by atoms with Gasteiger partial charge in [-0.3, -0.25) is 0 Å². The van der Waals surface area contributed by atoms with Crippen LogP contribution in [-0.2, 0) is 37.0 Å². The van der Waals surface area contributed by atoms with Crippen molar-refractivity contribution in [3.63, 3.8) is 0 Å². The van der Waals surface area contributed by atoms with Gasteiger partial charge in [-0.1, -0.05) is 141 Å². The quantitative estimate of drug-likeness (QED) is 0.425. The molecule has 0 radical (unpaired) electrons. The molecule has 2 atom stereocenters. The molecule has 0 nitrogen and oxygen atoms in total. The zero-order chi connectivity index (χ0) is 26.6. The number of allylic oxidation sites excluding steroid dienone is 4. The van der Waals surface area contributed by atoms with Crippen molar-refractivity contribution in [2.24, 2.45) is 16.7 Å². The van der Waals surface area contributed by atoms with Crippen LogP contribution in [-0.4, -0.2) is 8.07 Å². The van der Waals surface area contributed by atoms with Gasteiger partial charge in [-0.25, -0.2) is 0 Å².